The number of hydrogen-bond acceptors (Lipinski definition) is 9. The zero-order valence-corrected chi connectivity index (χ0v) is 17.3. The van der Waals surface area contributed by atoms with Gasteiger partial charge in [-0.2, -0.15) is 0 Å². The molecule has 1 aliphatic rings. The van der Waals surface area contributed by atoms with E-state index in [-0.39, 0.29) is 6.61 Å². The molecule has 1 saturated heterocycles. The summed E-state index contributed by atoms with van der Waals surface area (Å²) in [4.78, 5) is 20.3. The molecule has 4 rings (SSSR count). The molecule has 3 aromatic rings. The normalized spacial score (nSPS) is 13.8. The highest BCUT2D eigenvalue weighted by Gasteiger charge is 2.13. The van der Waals surface area contributed by atoms with Crippen LogP contribution < -0.4 is 15.5 Å². The van der Waals surface area contributed by atoms with Crippen LogP contribution in [0.2, 0.25) is 0 Å². The molecule has 1 aliphatic heterocycles. The molecule has 4 heterocycles. The van der Waals surface area contributed by atoms with Crippen LogP contribution in [-0.4, -0.2) is 64.0 Å². The number of rotatable bonds is 8. The first-order valence-electron chi connectivity index (χ1n) is 10.4. The quantitative estimate of drug-likeness (QED) is 0.410. The molecule has 4 N–H and O–H groups in total. The van der Waals surface area contributed by atoms with Crippen LogP contribution in [0.4, 0.5) is 17.3 Å². The Morgan fingerprint density at radius 3 is 2.81 bits per heavy atom. The summed E-state index contributed by atoms with van der Waals surface area (Å²) < 4.78 is 0. The van der Waals surface area contributed by atoms with Crippen molar-refractivity contribution in [2.45, 2.75) is 12.8 Å². The molecule has 0 aliphatic carbocycles. The minimum atomic E-state index is 0.117. The van der Waals surface area contributed by atoms with E-state index in [1.807, 2.05) is 24.3 Å². The second-order valence-electron chi connectivity index (χ2n) is 7.27. The number of piperazine rings is 1. The Hall–Kier alpha value is -3.43. The first kappa shape index (κ1) is 20.8. The molecule has 0 atom stereocenters. The Kier molecular flexibility index (Phi) is 6.75. The third-order valence-electron chi connectivity index (χ3n) is 5.07. The molecular weight excluding hydrogens is 392 g/mol. The highest BCUT2D eigenvalue weighted by Crippen LogP contribution is 2.25. The Bertz CT molecular complexity index is 1040. The summed E-state index contributed by atoms with van der Waals surface area (Å²) in [5.41, 5.74) is 3.50. The van der Waals surface area contributed by atoms with Gasteiger partial charge < -0.3 is 26.0 Å². The van der Waals surface area contributed by atoms with E-state index in [9.17, 15) is 0 Å². The van der Waals surface area contributed by atoms with Crippen molar-refractivity contribution >= 4 is 23.5 Å². The third kappa shape index (κ3) is 5.19. The van der Waals surface area contributed by atoms with Crippen molar-refractivity contribution in [2.75, 3.05) is 43.0 Å². The largest absolute Gasteiger partial charge is 0.396 e. The summed E-state index contributed by atoms with van der Waals surface area (Å²) in [7, 11) is 0. The predicted molar refractivity (Wildman–Crippen MR) is 121 cm³/mol. The molecule has 1 fully saturated rings. The zero-order chi connectivity index (χ0) is 21.5. The Morgan fingerprint density at radius 1 is 1.13 bits per heavy atom. The lowest BCUT2D eigenvalue weighted by molar-refractivity contribution is 0.288. The van der Waals surface area contributed by atoms with Crippen LogP contribution in [0.25, 0.3) is 11.4 Å². The molecule has 31 heavy (non-hydrogen) atoms. The number of aliphatic hydroxyl groups excluding tert-OH is 1. The van der Waals surface area contributed by atoms with Gasteiger partial charge in [-0.3, -0.25) is 9.97 Å². The molecule has 9 nitrogen and oxygen atoms in total. The van der Waals surface area contributed by atoms with Crippen molar-refractivity contribution in [2.24, 2.45) is 0 Å². The van der Waals surface area contributed by atoms with E-state index in [1.165, 1.54) is 6.21 Å². The smallest absolute Gasteiger partial charge is 0.132 e. The summed E-state index contributed by atoms with van der Waals surface area (Å²) >= 11 is 0. The van der Waals surface area contributed by atoms with Gasteiger partial charge in [-0.1, -0.05) is 6.07 Å². The van der Waals surface area contributed by atoms with Gasteiger partial charge in [0.25, 0.3) is 0 Å². The molecule has 0 aromatic carbocycles. The number of nitrogens with zero attached hydrogens (tertiary/aromatic N) is 5. The van der Waals surface area contributed by atoms with Gasteiger partial charge in [0.1, 0.15) is 17.3 Å². The molecule has 3 aromatic heterocycles. The SMILES string of the molecule is N=Cc1cnc(-c2cncc(CCCO)n2)cc1Nc1cccc(N2CCNCC2)n1. The fraction of sp³-hybridized carbons (Fsp3) is 0.318. The standard InChI is InChI=1S/C22H26N8O/c23-12-16-13-26-19(20-15-25-14-17(27-20)3-2-10-31)11-18(16)28-21-4-1-5-22(29-21)30-8-6-24-7-9-30/h1,4-5,11-15,23-24,31H,2-3,6-10H2,(H,26,28,29). The van der Waals surface area contributed by atoms with Gasteiger partial charge in [0.15, 0.2) is 0 Å². The van der Waals surface area contributed by atoms with Gasteiger partial charge in [0.2, 0.25) is 0 Å². The van der Waals surface area contributed by atoms with Crippen molar-refractivity contribution in [1.29, 1.82) is 5.41 Å². The van der Waals surface area contributed by atoms with E-state index < -0.39 is 0 Å². The van der Waals surface area contributed by atoms with Gasteiger partial charge in [-0.05, 0) is 31.0 Å². The average Bonchev–Trinajstić information content (AvgIpc) is 2.83. The number of hydrogen-bond donors (Lipinski definition) is 4. The van der Waals surface area contributed by atoms with Crippen molar-refractivity contribution in [3.05, 3.63) is 54.1 Å². The third-order valence-corrected chi connectivity index (χ3v) is 5.07. The van der Waals surface area contributed by atoms with E-state index in [2.05, 4.69) is 30.5 Å². The molecule has 0 unspecified atom stereocenters. The number of nitrogens with one attached hydrogen (secondary N) is 3. The van der Waals surface area contributed by atoms with Crippen LogP contribution in [0, 0.1) is 5.41 Å². The zero-order valence-electron chi connectivity index (χ0n) is 17.3. The van der Waals surface area contributed by atoms with E-state index >= 15 is 0 Å². The second-order valence-corrected chi connectivity index (χ2v) is 7.27. The van der Waals surface area contributed by atoms with Crippen molar-refractivity contribution < 1.29 is 5.11 Å². The molecule has 0 radical (unpaired) electrons. The van der Waals surface area contributed by atoms with E-state index in [0.717, 1.165) is 43.4 Å². The Labute approximate surface area is 181 Å². The fourth-order valence-corrected chi connectivity index (χ4v) is 3.44. The summed E-state index contributed by atoms with van der Waals surface area (Å²) in [6.45, 7) is 3.86. The lowest BCUT2D eigenvalue weighted by atomic mass is 10.1. The maximum atomic E-state index is 9.05. The molecular formula is C22H26N8O. The van der Waals surface area contributed by atoms with Gasteiger partial charge in [0, 0.05) is 57.0 Å². The summed E-state index contributed by atoms with van der Waals surface area (Å²) in [6, 6.07) is 7.77. The fourth-order valence-electron chi connectivity index (χ4n) is 3.44. The topological polar surface area (TPSA) is 123 Å². The Balaban J connectivity index is 1.59. The monoisotopic (exact) mass is 418 g/mol. The minimum Gasteiger partial charge on any atom is -0.396 e. The summed E-state index contributed by atoms with van der Waals surface area (Å²) in [5.74, 6) is 1.64. The van der Waals surface area contributed by atoms with Crippen molar-refractivity contribution in [3.63, 3.8) is 0 Å². The first-order valence-corrected chi connectivity index (χ1v) is 10.4. The van der Waals surface area contributed by atoms with Crippen LogP contribution in [0.3, 0.4) is 0 Å². The van der Waals surface area contributed by atoms with Crippen LogP contribution in [0.1, 0.15) is 17.7 Å². The predicted octanol–water partition coefficient (Wildman–Crippen LogP) is 2.01. The number of pyridine rings is 2. The number of anilines is 3. The lowest BCUT2D eigenvalue weighted by Crippen LogP contribution is -2.43. The van der Waals surface area contributed by atoms with E-state index in [0.29, 0.717) is 35.6 Å². The summed E-state index contributed by atoms with van der Waals surface area (Å²) in [5, 5.41) is 23.5. The highest BCUT2D eigenvalue weighted by molar-refractivity contribution is 5.88. The number of aryl methyl sites for hydroxylation is 1. The highest BCUT2D eigenvalue weighted by atomic mass is 16.2. The first-order chi connectivity index (χ1) is 15.3. The van der Waals surface area contributed by atoms with Crippen molar-refractivity contribution in [1.82, 2.24) is 25.3 Å². The van der Waals surface area contributed by atoms with Crippen LogP contribution in [0.15, 0.2) is 42.9 Å². The van der Waals surface area contributed by atoms with Crippen LogP contribution >= 0.6 is 0 Å². The molecule has 0 amide bonds. The second kappa shape index (κ2) is 10.1. The molecule has 9 heteroatoms. The maximum absolute atomic E-state index is 9.05. The van der Waals surface area contributed by atoms with Gasteiger partial charge in [-0.15, -0.1) is 0 Å². The molecule has 0 bridgehead atoms. The van der Waals surface area contributed by atoms with Crippen LogP contribution in [-0.2, 0) is 6.42 Å². The number of aromatic nitrogens is 4. The minimum absolute atomic E-state index is 0.117. The average molecular weight is 419 g/mol. The van der Waals surface area contributed by atoms with Crippen molar-refractivity contribution in [3.8, 4) is 11.4 Å². The van der Waals surface area contributed by atoms with E-state index in [4.69, 9.17) is 15.5 Å². The molecule has 160 valence electrons. The lowest BCUT2D eigenvalue weighted by Gasteiger charge is -2.28. The van der Waals surface area contributed by atoms with Crippen LogP contribution in [0.5, 0.6) is 0 Å². The van der Waals surface area contributed by atoms with Gasteiger partial charge in [0.05, 0.1) is 23.3 Å². The maximum Gasteiger partial charge on any atom is 0.132 e. The van der Waals surface area contributed by atoms with Gasteiger partial charge in [-0.25, -0.2) is 9.97 Å². The Morgan fingerprint density at radius 2 is 2.00 bits per heavy atom. The van der Waals surface area contributed by atoms with E-state index in [1.54, 1.807) is 18.6 Å². The van der Waals surface area contributed by atoms with Gasteiger partial charge >= 0.3 is 0 Å². The number of aliphatic hydroxyl groups is 1. The molecule has 0 spiro atoms. The summed E-state index contributed by atoms with van der Waals surface area (Å²) in [6.07, 6.45) is 7.58. The molecule has 0 saturated carbocycles.